The van der Waals surface area contributed by atoms with E-state index in [1.807, 2.05) is 36.4 Å². The normalized spacial score (nSPS) is 21.9. The molecule has 0 amide bonds. The first-order valence-electron chi connectivity index (χ1n) is 11.3. The summed E-state index contributed by atoms with van der Waals surface area (Å²) in [5, 5.41) is 0. The number of esters is 1. The zero-order chi connectivity index (χ0) is 22.5. The van der Waals surface area contributed by atoms with Crippen molar-refractivity contribution in [2.45, 2.75) is 31.8 Å². The van der Waals surface area contributed by atoms with Gasteiger partial charge in [-0.1, -0.05) is 60.7 Å². The summed E-state index contributed by atoms with van der Waals surface area (Å²) >= 11 is 0. The van der Waals surface area contributed by atoms with Crippen LogP contribution in [0.4, 0.5) is 0 Å². The van der Waals surface area contributed by atoms with E-state index < -0.39 is 24.4 Å². The maximum Gasteiger partial charge on any atom is 0.316 e. The number of hydrogen-bond acceptors (Lipinski definition) is 4. The number of piperidine rings is 1. The smallest absolute Gasteiger partial charge is 0.316 e. The molecular formula is C23H30BrNO3. The third-order valence-corrected chi connectivity index (χ3v) is 4.71. The van der Waals surface area contributed by atoms with Gasteiger partial charge in [-0.15, -0.1) is 17.0 Å². The highest BCUT2D eigenvalue weighted by atomic mass is 79.9. The average molecular weight is 452 g/mol. The molecule has 5 heteroatoms. The summed E-state index contributed by atoms with van der Waals surface area (Å²) in [5.41, 5.74) is 0.171. The molecule has 1 fully saturated rings. The van der Waals surface area contributed by atoms with E-state index in [4.69, 9.17) is 15.0 Å². The fraction of sp³-hybridized carbons (Fsp3) is 0.435. The quantitative estimate of drug-likeness (QED) is 0.440. The molecule has 0 spiro atoms. The van der Waals surface area contributed by atoms with E-state index in [1.54, 1.807) is 31.2 Å². The Balaban J connectivity index is 0.00000363. The molecule has 0 bridgehead atoms. The van der Waals surface area contributed by atoms with E-state index in [1.165, 1.54) is 4.90 Å². The van der Waals surface area contributed by atoms with Crippen LogP contribution in [0.3, 0.4) is 0 Å². The molecule has 28 heavy (non-hydrogen) atoms. The van der Waals surface area contributed by atoms with Gasteiger partial charge in [0.1, 0.15) is 0 Å². The van der Waals surface area contributed by atoms with Gasteiger partial charge in [0.25, 0.3) is 0 Å². The largest absolute Gasteiger partial charge is 0.465 e. The number of benzene rings is 2. The van der Waals surface area contributed by atoms with E-state index in [-0.39, 0.29) is 49.6 Å². The van der Waals surface area contributed by atoms with E-state index >= 15 is 0 Å². The lowest BCUT2D eigenvalue weighted by atomic mass is 9.72. The van der Waals surface area contributed by atoms with Gasteiger partial charge in [-0.2, -0.15) is 0 Å². The van der Waals surface area contributed by atoms with Crippen LogP contribution in [0.5, 0.6) is 0 Å². The Hall–Kier alpha value is -1.69. The number of carbonyl (C=O) groups excluding carboxylic acids is 1. The zero-order valence-corrected chi connectivity index (χ0v) is 17.8. The second-order valence-electron chi connectivity index (χ2n) is 6.53. The van der Waals surface area contributed by atoms with E-state index in [0.717, 1.165) is 5.56 Å². The Morgan fingerprint density at radius 1 is 1.07 bits per heavy atom. The van der Waals surface area contributed by atoms with Gasteiger partial charge in [0, 0.05) is 12.0 Å². The lowest BCUT2D eigenvalue weighted by Crippen LogP contribution is -2.48. The van der Waals surface area contributed by atoms with Crippen LogP contribution < -0.4 is 0 Å². The molecule has 0 N–H and O–H groups in total. The van der Waals surface area contributed by atoms with Gasteiger partial charge >= 0.3 is 5.97 Å². The third-order valence-electron chi connectivity index (χ3n) is 4.71. The Morgan fingerprint density at radius 3 is 2.29 bits per heavy atom. The number of ether oxygens (including phenoxy) is 2. The minimum atomic E-state index is -2.07. The molecule has 0 radical (unpaired) electrons. The first-order chi connectivity index (χ1) is 14.7. The lowest BCUT2D eigenvalue weighted by molar-refractivity contribution is -0.152. The Morgan fingerprint density at radius 2 is 1.68 bits per heavy atom. The Bertz CT molecular complexity index is 850. The Labute approximate surface area is 184 Å². The van der Waals surface area contributed by atoms with Crippen molar-refractivity contribution in [2.24, 2.45) is 0 Å². The van der Waals surface area contributed by atoms with Crippen LogP contribution in [0.25, 0.3) is 0 Å². The summed E-state index contributed by atoms with van der Waals surface area (Å²) in [6, 6.07) is 18.5. The average Bonchev–Trinajstić information content (AvgIpc) is 2.73. The molecule has 0 aliphatic carbocycles. The van der Waals surface area contributed by atoms with Crippen molar-refractivity contribution in [1.29, 1.82) is 0 Å². The van der Waals surface area contributed by atoms with Crippen LogP contribution in [0, 0.1) is 0 Å². The number of halogens is 1. The number of carbonyl (C=O) groups is 1. The first kappa shape index (κ1) is 17.2. The molecule has 152 valence electrons. The maximum atomic E-state index is 13.0. The van der Waals surface area contributed by atoms with E-state index in [0.29, 0.717) is 12.2 Å². The fourth-order valence-corrected chi connectivity index (χ4v) is 3.15. The second kappa shape index (κ2) is 11.3. The second-order valence-corrected chi connectivity index (χ2v) is 6.53. The van der Waals surface area contributed by atoms with Gasteiger partial charge in [0.15, 0.2) is 0 Å². The van der Waals surface area contributed by atoms with Crippen molar-refractivity contribution in [3.63, 3.8) is 0 Å². The number of likely N-dealkylation sites (tertiary alicyclic amines) is 1. The van der Waals surface area contributed by atoms with Crippen LogP contribution in [0.15, 0.2) is 60.7 Å². The molecule has 4 nitrogen and oxygen atoms in total. The van der Waals surface area contributed by atoms with Crippen LogP contribution in [-0.4, -0.2) is 43.6 Å². The monoisotopic (exact) mass is 451 g/mol. The molecule has 0 aromatic heterocycles. The molecule has 1 heterocycles. The summed E-state index contributed by atoms with van der Waals surface area (Å²) in [6.45, 7) is -1.68. The van der Waals surface area contributed by atoms with E-state index in [2.05, 4.69) is 0 Å². The minimum absolute atomic E-state index is 0. The number of hydrogen-bond donors (Lipinski definition) is 0. The summed E-state index contributed by atoms with van der Waals surface area (Å²) in [4.78, 5) is 14.2. The molecule has 1 aliphatic rings. The zero-order valence-electron chi connectivity index (χ0n) is 20.1. The molecular weight excluding hydrogens is 418 g/mol. The predicted octanol–water partition coefficient (Wildman–Crippen LogP) is 4.38. The third kappa shape index (κ3) is 5.66. The van der Waals surface area contributed by atoms with Gasteiger partial charge < -0.3 is 14.4 Å². The summed E-state index contributed by atoms with van der Waals surface area (Å²) in [6.07, 6.45) is -0.387. The fourth-order valence-electron chi connectivity index (χ4n) is 3.15. The van der Waals surface area contributed by atoms with Gasteiger partial charge in [0.05, 0.1) is 25.2 Å². The number of rotatable bonds is 8. The van der Waals surface area contributed by atoms with E-state index in [9.17, 15) is 4.79 Å². The Kier molecular flexibility index (Phi) is 6.97. The molecule has 1 saturated heterocycles. The highest BCUT2D eigenvalue weighted by Gasteiger charge is 2.44. The molecule has 3 rings (SSSR count). The first-order valence-corrected chi connectivity index (χ1v) is 9.33. The number of nitrogens with zero attached hydrogens (tertiary/aromatic N) is 1. The summed E-state index contributed by atoms with van der Waals surface area (Å²) < 4.78 is 45.6. The van der Waals surface area contributed by atoms with Crippen molar-refractivity contribution >= 4 is 23.0 Å². The predicted molar refractivity (Wildman–Crippen MR) is 117 cm³/mol. The van der Waals surface area contributed by atoms with Gasteiger partial charge in [-0.05, 0) is 43.9 Å². The van der Waals surface area contributed by atoms with Crippen molar-refractivity contribution < 1.29 is 19.8 Å². The molecule has 0 saturated carbocycles. The SMILES string of the molecule is Br.[2H]C1([2H])CC(C(=O)OCC)(c2ccccc2)CC([2H])([2H])N1CCOCc1ccccc1. The van der Waals surface area contributed by atoms with Crippen molar-refractivity contribution in [2.75, 3.05) is 32.8 Å². The lowest BCUT2D eigenvalue weighted by Gasteiger charge is -2.40. The van der Waals surface area contributed by atoms with Crippen molar-refractivity contribution in [3.8, 4) is 0 Å². The molecule has 0 unspecified atom stereocenters. The molecule has 1 aliphatic heterocycles. The standard InChI is InChI=1S/C23H29NO3.BrH/c1-2-27-22(25)23(21-11-7-4-8-12-21)13-15-24(16-14-23)17-18-26-19-20-9-5-3-6-10-20;/h3-12H,2,13-19H2,1H3;1H/i15D2,16D2;. The molecule has 0 atom stereocenters. The van der Waals surface area contributed by atoms with Crippen LogP contribution >= 0.6 is 17.0 Å². The summed E-state index contributed by atoms with van der Waals surface area (Å²) in [7, 11) is 0. The van der Waals surface area contributed by atoms with Gasteiger partial charge in [-0.3, -0.25) is 4.79 Å². The van der Waals surface area contributed by atoms with Crippen molar-refractivity contribution in [3.05, 3.63) is 71.8 Å². The maximum absolute atomic E-state index is 13.0. The minimum Gasteiger partial charge on any atom is -0.465 e. The van der Waals surface area contributed by atoms with Crippen LogP contribution in [0.1, 0.15) is 36.4 Å². The van der Waals surface area contributed by atoms with Crippen LogP contribution in [-0.2, 0) is 26.3 Å². The highest BCUT2D eigenvalue weighted by molar-refractivity contribution is 8.93. The highest BCUT2D eigenvalue weighted by Crippen LogP contribution is 2.36. The van der Waals surface area contributed by atoms with Crippen molar-refractivity contribution in [1.82, 2.24) is 4.90 Å². The van der Waals surface area contributed by atoms with Crippen LogP contribution in [0.2, 0.25) is 0 Å². The van der Waals surface area contributed by atoms with Gasteiger partial charge in [0.2, 0.25) is 0 Å². The molecule has 2 aromatic rings. The summed E-state index contributed by atoms with van der Waals surface area (Å²) in [5.74, 6) is -0.589. The molecule has 2 aromatic carbocycles. The topological polar surface area (TPSA) is 38.8 Å². The van der Waals surface area contributed by atoms with Gasteiger partial charge in [-0.25, -0.2) is 0 Å².